The van der Waals surface area contributed by atoms with Crippen molar-refractivity contribution in [3.63, 3.8) is 0 Å². The number of hydrogen-bond donors (Lipinski definition) is 1. The number of hydrogen-bond acceptors (Lipinski definition) is 5. The first-order valence-corrected chi connectivity index (χ1v) is 9.65. The number of benzene rings is 1. The van der Waals surface area contributed by atoms with Gasteiger partial charge in [-0.3, -0.25) is 4.90 Å². The van der Waals surface area contributed by atoms with E-state index in [2.05, 4.69) is 58.3 Å². The second kappa shape index (κ2) is 11.2. The van der Waals surface area contributed by atoms with Crippen molar-refractivity contribution in [1.82, 2.24) is 20.2 Å². The summed E-state index contributed by atoms with van der Waals surface area (Å²) < 4.78 is 5.76. The Balaban J connectivity index is 0.00000261. The molecule has 0 bridgehead atoms. The van der Waals surface area contributed by atoms with E-state index < -0.39 is 0 Å². The first-order valence-electron chi connectivity index (χ1n) is 9.65. The first-order chi connectivity index (χ1) is 12.7. The molecular formula is C21H31ClN4O. The van der Waals surface area contributed by atoms with E-state index in [9.17, 15) is 0 Å². The zero-order valence-corrected chi connectivity index (χ0v) is 17.1. The topological polar surface area (TPSA) is 50.3 Å². The second-order valence-corrected chi connectivity index (χ2v) is 7.30. The van der Waals surface area contributed by atoms with E-state index in [0.29, 0.717) is 6.04 Å². The van der Waals surface area contributed by atoms with Crippen LogP contribution in [0.2, 0.25) is 0 Å². The summed E-state index contributed by atoms with van der Waals surface area (Å²) in [6, 6.07) is 9.10. The molecule has 1 saturated heterocycles. The lowest BCUT2D eigenvalue weighted by molar-refractivity contribution is 0.164. The average Bonchev–Trinajstić information content (AvgIpc) is 2.93. The Kier molecular flexibility index (Phi) is 8.98. The van der Waals surface area contributed by atoms with E-state index in [1.165, 1.54) is 30.4 Å². The molecule has 148 valence electrons. The van der Waals surface area contributed by atoms with Crippen LogP contribution >= 0.6 is 12.4 Å². The van der Waals surface area contributed by atoms with Gasteiger partial charge >= 0.3 is 0 Å². The Morgan fingerprint density at radius 1 is 1.04 bits per heavy atom. The summed E-state index contributed by atoms with van der Waals surface area (Å²) in [5.74, 6) is 0.936. The fraction of sp³-hybridized carbons (Fsp3) is 0.524. The number of aromatic nitrogens is 2. The fourth-order valence-corrected chi connectivity index (χ4v) is 3.51. The molecule has 1 atom stereocenters. The van der Waals surface area contributed by atoms with Gasteiger partial charge in [-0.15, -0.1) is 12.4 Å². The molecule has 27 heavy (non-hydrogen) atoms. The third-order valence-corrected chi connectivity index (χ3v) is 4.74. The third-order valence-electron chi connectivity index (χ3n) is 4.74. The van der Waals surface area contributed by atoms with Crippen LogP contribution in [-0.2, 0) is 13.1 Å². The van der Waals surface area contributed by atoms with Crippen LogP contribution in [0.4, 0.5) is 0 Å². The summed E-state index contributed by atoms with van der Waals surface area (Å²) in [6.45, 7) is 8.14. The van der Waals surface area contributed by atoms with E-state index in [4.69, 9.17) is 4.74 Å². The molecular weight excluding hydrogens is 360 g/mol. The summed E-state index contributed by atoms with van der Waals surface area (Å²) in [5, 5.41) is 3.52. The van der Waals surface area contributed by atoms with Crippen molar-refractivity contribution >= 4 is 12.4 Å². The van der Waals surface area contributed by atoms with E-state index >= 15 is 0 Å². The van der Waals surface area contributed by atoms with Crippen LogP contribution in [0.15, 0.2) is 43.0 Å². The van der Waals surface area contributed by atoms with Gasteiger partial charge in [0.25, 0.3) is 0 Å². The second-order valence-electron chi connectivity index (χ2n) is 7.30. The van der Waals surface area contributed by atoms with Gasteiger partial charge in [-0.1, -0.05) is 12.1 Å². The number of rotatable bonds is 7. The lowest BCUT2D eigenvalue weighted by Crippen LogP contribution is -2.35. The molecule has 2 aromatic rings. The van der Waals surface area contributed by atoms with Gasteiger partial charge in [-0.05, 0) is 63.9 Å². The summed E-state index contributed by atoms with van der Waals surface area (Å²) >= 11 is 0. The minimum Gasteiger partial charge on any atom is -0.491 e. The van der Waals surface area contributed by atoms with E-state index in [-0.39, 0.29) is 18.5 Å². The molecule has 1 unspecified atom stereocenters. The van der Waals surface area contributed by atoms with Crippen LogP contribution < -0.4 is 10.1 Å². The number of nitrogens with one attached hydrogen (secondary N) is 1. The Labute approximate surface area is 169 Å². The maximum absolute atomic E-state index is 5.76. The molecule has 0 saturated carbocycles. The quantitative estimate of drug-likeness (QED) is 0.778. The Morgan fingerprint density at radius 2 is 1.74 bits per heavy atom. The van der Waals surface area contributed by atoms with Gasteiger partial charge in [-0.2, -0.15) is 0 Å². The number of nitrogens with zero attached hydrogens (tertiary/aromatic N) is 3. The van der Waals surface area contributed by atoms with Crippen LogP contribution in [0.3, 0.4) is 0 Å². The third kappa shape index (κ3) is 7.09. The van der Waals surface area contributed by atoms with E-state index in [1.807, 2.05) is 12.4 Å². The smallest absolute Gasteiger partial charge is 0.119 e. The predicted octanol–water partition coefficient (Wildman–Crippen LogP) is 3.83. The van der Waals surface area contributed by atoms with Crippen molar-refractivity contribution < 1.29 is 4.74 Å². The standard InChI is InChI=1S/C21H30N4O.ClH/c1-17(2)26-21-7-5-18(6-8-21)14-25(15-19-12-23-16-24-13-19)20-4-3-10-22-11-9-20;/h5-8,12-13,16-17,20,22H,3-4,9-11,14-15H2,1-2H3;1H. The Bertz CT molecular complexity index is 643. The molecule has 1 aliphatic rings. The average molecular weight is 391 g/mol. The highest BCUT2D eigenvalue weighted by molar-refractivity contribution is 5.85. The molecule has 2 heterocycles. The van der Waals surface area contributed by atoms with E-state index in [1.54, 1.807) is 6.33 Å². The van der Waals surface area contributed by atoms with Crippen molar-refractivity contribution in [2.24, 2.45) is 0 Å². The Morgan fingerprint density at radius 3 is 2.44 bits per heavy atom. The fourth-order valence-electron chi connectivity index (χ4n) is 3.51. The normalized spacial score (nSPS) is 17.4. The molecule has 1 N–H and O–H groups in total. The van der Waals surface area contributed by atoms with Gasteiger partial charge < -0.3 is 10.1 Å². The molecule has 6 heteroatoms. The zero-order chi connectivity index (χ0) is 18.2. The molecule has 3 rings (SSSR count). The van der Waals surface area contributed by atoms with E-state index in [0.717, 1.165) is 31.9 Å². The molecule has 0 radical (unpaired) electrons. The molecule has 1 aromatic carbocycles. The molecule has 1 aliphatic heterocycles. The first kappa shape index (κ1) is 21.6. The van der Waals surface area contributed by atoms with Crippen LogP contribution in [0.25, 0.3) is 0 Å². The summed E-state index contributed by atoms with van der Waals surface area (Å²) in [4.78, 5) is 10.9. The molecule has 0 spiro atoms. The maximum atomic E-state index is 5.76. The summed E-state index contributed by atoms with van der Waals surface area (Å²) in [6.07, 6.45) is 9.29. The van der Waals surface area contributed by atoms with Gasteiger partial charge in [0, 0.05) is 37.1 Å². The van der Waals surface area contributed by atoms with Crippen LogP contribution in [-0.4, -0.2) is 40.1 Å². The van der Waals surface area contributed by atoms with Gasteiger partial charge in [0.1, 0.15) is 12.1 Å². The largest absolute Gasteiger partial charge is 0.491 e. The highest BCUT2D eigenvalue weighted by Gasteiger charge is 2.20. The number of halogens is 1. The van der Waals surface area contributed by atoms with Crippen molar-refractivity contribution in [2.75, 3.05) is 13.1 Å². The van der Waals surface area contributed by atoms with Crippen LogP contribution in [0.5, 0.6) is 5.75 Å². The lowest BCUT2D eigenvalue weighted by Gasteiger charge is -2.31. The molecule has 0 amide bonds. The highest BCUT2D eigenvalue weighted by Crippen LogP contribution is 2.21. The summed E-state index contributed by atoms with van der Waals surface area (Å²) in [7, 11) is 0. The number of ether oxygens (including phenoxy) is 1. The van der Waals surface area contributed by atoms with Crippen LogP contribution in [0.1, 0.15) is 44.2 Å². The summed E-state index contributed by atoms with van der Waals surface area (Å²) in [5.41, 5.74) is 2.49. The van der Waals surface area contributed by atoms with Crippen molar-refractivity contribution in [1.29, 1.82) is 0 Å². The maximum Gasteiger partial charge on any atom is 0.119 e. The van der Waals surface area contributed by atoms with Crippen molar-refractivity contribution in [3.05, 3.63) is 54.1 Å². The van der Waals surface area contributed by atoms with Gasteiger partial charge in [0.2, 0.25) is 0 Å². The van der Waals surface area contributed by atoms with Crippen molar-refractivity contribution in [3.8, 4) is 5.75 Å². The molecule has 1 aromatic heterocycles. The SMILES string of the molecule is CC(C)Oc1ccc(CN(Cc2cncnc2)C2CCCNCC2)cc1.Cl. The minimum atomic E-state index is 0. The van der Waals surface area contributed by atoms with Crippen LogP contribution in [0, 0.1) is 0 Å². The van der Waals surface area contributed by atoms with Gasteiger partial charge in [0.15, 0.2) is 0 Å². The predicted molar refractivity (Wildman–Crippen MR) is 111 cm³/mol. The van der Waals surface area contributed by atoms with Crippen molar-refractivity contribution in [2.45, 2.75) is 58.3 Å². The zero-order valence-electron chi connectivity index (χ0n) is 16.3. The highest BCUT2D eigenvalue weighted by atomic mass is 35.5. The van der Waals surface area contributed by atoms with Gasteiger partial charge in [-0.25, -0.2) is 9.97 Å². The minimum absolute atomic E-state index is 0. The monoisotopic (exact) mass is 390 g/mol. The molecule has 0 aliphatic carbocycles. The molecule has 1 fully saturated rings. The van der Waals surface area contributed by atoms with Gasteiger partial charge in [0.05, 0.1) is 6.10 Å². The Hall–Kier alpha value is -1.69. The molecule has 5 nitrogen and oxygen atoms in total. The lowest BCUT2D eigenvalue weighted by atomic mass is 10.0.